The number of para-hydroxylation sites is 1. The second-order valence-corrected chi connectivity index (χ2v) is 6.24. The molecule has 2 rings (SSSR count). The van der Waals surface area contributed by atoms with Crippen LogP contribution in [0.1, 0.15) is 32.4 Å². The summed E-state index contributed by atoms with van der Waals surface area (Å²) in [5.74, 6) is -0.845. The summed E-state index contributed by atoms with van der Waals surface area (Å²) in [6, 6.07) is 11.0. The molecule has 0 atom stereocenters. The molecule has 6 nitrogen and oxygen atoms in total. The predicted molar refractivity (Wildman–Crippen MR) is 101 cm³/mol. The van der Waals surface area contributed by atoms with Crippen LogP contribution in [0.3, 0.4) is 0 Å². The number of rotatable bonds is 7. The number of anilines is 2. The van der Waals surface area contributed by atoms with E-state index < -0.39 is 5.97 Å². The molecule has 0 spiro atoms. The molecule has 7 heteroatoms. The molecule has 1 aromatic heterocycles. The number of esters is 1. The van der Waals surface area contributed by atoms with Gasteiger partial charge in [0.1, 0.15) is 11.6 Å². The second kappa shape index (κ2) is 9.49. The molecule has 134 valence electrons. The summed E-state index contributed by atoms with van der Waals surface area (Å²) in [7, 11) is 0. The van der Waals surface area contributed by atoms with Gasteiger partial charge in [-0.25, -0.2) is 9.78 Å². The molecule has 0 aliphatic heterocycles. The number of unbranched alkanes of at least 4 members (excludes halogenated alkanes) is 1. The minimum absolute atomic E-state index is 0.118. The maximum atomic E-state index is 12.0. The monoisotopic (exact) mass is 369 g/mol. The quantitative estimate of drug-likeness (QED) is 0.318. The number of benzene rings is 1. The van der Waals surface area contributed by atoms with E-state index in [0.29, 0.717) is 16.5 Å². The van der Waals surface area contributed by atoms with Crippen LogP contribution in [0.4, 0.5) is 10.8 Å². The van der Waals surface area contributed by atoms with Crippen molar-refractivity contribution < 1.29 is 14.3 Å². The number of hydrogen-bond acceptors (Lipinski definition) is 6. The topological polar surface area (TPSA) is 83.3 Å². The lowest BCUT2D eigenvalue weighted by Crippen LogP contribution is -2.22. The molecular formula is C19H19N3O3S. The van der Waals surface area contributed by atoms with Gasteiger partial charge < -0.3 is 4.74 Å². The van der Waals surface area contributed by atoms with Crippen LogP contribution in [-0.4, -0.2) is 23.5 Å². The van der Waals surface area contributed by atoms with Crippen LogP contribution in [-0.2, 0) is 14.3 Å². The Hall–Kier alpha value is -2.98. The fraction of sp³-hybridized carbons (Fsp3) is 0.263. The first-order valence-corrected chi connectivity index (χ1v) is 9.05. The number of hydrogen-bond donors (Lipinski definition) is 0. The van der Waals surface area contributed by atoms with Gasteiger partial charge in [0.2, 0.25) is 5.91 Å². The highest BCUT2D eigenvalue weighted by atomic mass is 32.1. The molecule has 0 radical (unpaired) electrons. The Kier molecular flexibility index (Phi) is 7.06. The molecule has 0 saturated heterocycles. The largest absolute Gasteiger partial charge is 0.462 e. The van der Waals surface area contributed by atoms with E-state index in [9.17, 15) is 14.9 Å². The lowest BCUT2D eigenvalue weighted by atomic mass is 10.2. The number of amides is 1. The summed E-state index contributed by atoms with van der Waals surface area (Å²) in [5, 5.41) is 11.3. The third kappa shape index (κ3) is 5.01. The molecule has 0 N–H and O–H groups in total. The van der Waals surface area contributed by atoms with E-state index in [4.69, 9.17) is 4.74 Å². The second-order valence-electron chi connectivity index (χ2n) is 5.40. The summed E-state index contributed by atoms with van der Waals surface area (Å²) in [4.78, 5) is 29.8. The molecular weight excluding hydrogens is 350 g/mol. The Morgan fingerprint density at radius 2 is 2.08 bits per heavy atom. The summed E-state index contributed by atoms with van der Waals surface area (Å²) in [6.07, 6.45) is 3.02. The van der Waals surface area contributed by atoms with Crippen molar-refractivity contribution in [2.45, 2.75) is 26.7 Å². The predicted octanol–water partition coefficient (Wildman–Crippen LogP) is 4.08. The number of ether oxygens (including phenoxy) is 1. The zero-order valence-electron chi connectivity index (χ0n) is 14.6. The number of nitriles is 1. The fourth-order valence-corrected chi connectivity index (χ4v) is 2.97. The lowest BCUT2D eigenvalue weighted by molar-refractivity contribution is -0.138. The molecule has 1 amide bonds. The summed E-state index contributed by atoms with van der Waals surface area (Å²) < 4.78 is 5.05. The van der Waals surface area contributed by atoms with Crippen molar-refractivity contribution >= 4 is 40.1 Å². The van der Waals surface area contributed by atoms with Crippen molar-refractivity contribution in [3.05, 3.63) is 47.0 Å². The molecule has 0 fully saturated rings. The van der Waals surface area contributed by atoms with Crippen LogP contribution < -0.4 is 4.90 Å². The minimum atomic E-state index is -0.665. The molecule has 0 aliphatic carbocycles. The zero-order valence-corrected chi connectivity index (χ0v) is 15.5. The van der Waals surface area contributed by atoms with Gasteiger partial charge in [0.15, 0.2) is 5.13 Å². The normalized spacial score (nSPS) is 10.9. The number of nitrogens with zero attached hydrogens (tertiary/aromatic N) is 3. The number of aromatic nitrogens is 1. The third-order valence-corrected chi connectivity index (χ3v) is 4.24. The fourth-order valence-electron chi connectivity index (χ4n) is 2.12. The summed E-state index contributed by atoms with van der Waals surface area (Å²) in [6.45, 7) is 3.72. The number of carbonyl (C=O) groups is 2. The average molecular weight is 369 g/mol. The molecule has 1 heterocycles. The Bertz CT molecular complexity index is 837. The van der Waals surface area contributed by atoms with Gasteiger partial charge in [-0.3, -0.25) is 9.69 Å². The first-order valence-electron chi connectivity index (χ1n) is 8.17. The Morgan fingerprint density at radius 1 is 1.35 bits per heavy atom. The van der Waals surface area contributed by atoms with Crippen LogP contribution in [0.15, 0.2) is 41.3 Å². The molecule has 0 bridgehead atoms. The third-order valence-electron chi connectivity index (χ3n) is 3.39. The Balaban J connectivity index is 2.23. The maximum Gasteiger partial charge on any atom is 0.348 e. The SMILES string of the molecule is CCCCOC(=O)/C(C#N)=C/c1csc(N(C(C)=O)c2ccccc2)n1. The van der Waals surface area contributed by atoms with Crippen molar-refractivity contribution in [1.82, 2.24) is 4.98 Å². The van der Waals surface area contributed by atoms with Crippen molar-refractivity contribution in [1.29, 1.82) is 5.26 Å². The van der Waals surface area contributed by atoms with Gasteiger partial charge in [-0.2, -0.15) is 5.26 Å². The van der Waals surface area contributed by atoms with Gasteiger partial charge >= 0.3 is 5.97 Å². The highest BCUT2D eigenvalue weighted by Gasteiger charge is 2.18. The molecule has 0 aliphatic rings. The zero-order chi connectivity index (χ0) is 18.9. The van der Waals surface area contributed by atoms with E-state index in [1.165, 1.54) is 29.2 Å². The summed E-state index contributed by atoms with van der Waals surface area (Å²) in [5.41, 5.74) is 1.01. The van der Waals surface area contributed by atoms with Crippen LogP contribution in [0, 0.1) is 11.3 Å². The number of thiazole rings is 1. The average Bonchev–Trinajstić information content (AvgIpc) is 3.08. The van der Waals surface area contributed by atoms with Crippen LogP contribution in [0.25, 0.3) is 6.08 Å². The van der Waals surface area contributed by atoms with Crippen molar-refractivity contribution in [3.8, 4) is 6.07 Å². The highest BCUT2D eigenvalue weighted by Crippen LogP contribution is 2.29. The van der Waals surface area contributed by atoms with Gasteiger partial charge in [0.05, 0.1) is 18.0 Å². The van der Waals surface area contributed by atoms with Gasteiger partial charge in [-0.1, -0.05) is 31.5 Å². The first kappa shape index (κ1) is 19.3. The van der Waals surface area contributed by atoms with Crippen LogP contribution >= 0.6 is 11.3 Å². The Labute approximate surface area is 156 Å². The first-order chi connectivity index (χ1) is 12.6. The van der Waals surface area contributed by atoms with Gasteiger partial charge in [0, 0.05) is 12.3 Å². The smallest absolute Gasteiger partial charge is 0.348 e. The molecule has 1 aromatic carbocycles. The molecule has 0 saturated carbocycles. The Morgan fingerprint density at radius 3 is 2.69 bits per heavy atom. The highest BCUT2D eigenvalue weighted by molar-refractivity contribution is 7.14. The lowest BCUT2D eigenvalue weighted by Gasteiger charge is -2.17. The van der Waals surface area contributed by atoms with Crippen molar-refractivity contribution in [2.24, 2.45) is 0 Å². The molecule has 0 unspecified atom stereocenters. The summed E-state index contributed by atoms with van der Waals surface area (Å²) >= 11 is 1.25. The standard InChI is InChI=1S/C19H19N3O3S/c1-3-4-10-25-18(24)15(12-20)11-16-13-26-19(21-16)22(14(2)23)17-8-6-5-7-9-17/h5-9,11,13H,3-4,10H2,1-2H3/b15-11+. The van der Waals surface area contributed by atoms with Gasteiger partial charge in [0.25, 0.3) is 0 Å². The van der Waals surface area contributed by atoms with Crippen LogP contribution in [0.2, 0.25) is 0 Å². The van der Waals surface area contributed by atoms with Crippen molar-refractivity contribution in [3.63, 3.8) is 0 Å². The van der Waals surface area contributed by atoms with Crippen LogP contribution in [0.5, 0.6) is 0 Å². The van der Waals surface area contributed by atoms with Crippen molar-refractivity contribution in [2.75, 3.05) is 11.5 Å². The molecule has 26 heavy (non-hydrogen) atoms. The molecule has 2 aromatic rings. The van der Waals surface area contributed by atoms with Gasteiger partial charge in [-0.05, 0) is 24.6 Å². The maximum absolute atomic E-state index is 12.0. The van der Waals surface area contributed by atoms with Gasteiger partial charge in [-0.15, -0.1) is 11.3 Å². The van der Waals surface area contributed by atoms with E-state index in [1.807, 2.05) is 43.3 Å². The van der Waals surface area contributed by atoms with E-state index in [2.05, 4.69) is 4.98 Å². The number of carbonyl (C=O) groups excluding carboxylic acids is 2. The van der Waals surface area contributed by atoms with E-state index in [0.717, 1.165) is 12.8 Å². The van der Waals surface area contributed by atoms with E-state index >= 15 is 0 Å². The van der Waals surface area contributed by atoms with E-state index in [1.54, 1.807) is 5.38 Å². The van der Waals surface area contributed by atoms with E-state index in [-0.39, 0.29) is 18.1 Å². The minimum Gasteiger partial charge on any atom is -0.462 e.